The van der Waals surface area contributed by atoms with Crippen LogP contribution in [-0.2, 0) is 16.0 Å². The van der Waals surface area contributed by atoms with Crippen molar-refractivity contribution in [3.8, 4) is 5.75 Å². The van der Waals surface area contributed by atoms with Crippen molar-refractivity contribution in [1.29, 1.82) is 0 Å². The van der Waals surface area contributed by atoms with E-state index in [-0.39, 0.29) is 5.82 Å². The topological polar surface area (TPSA) is 61.5 Å². The molecular weight excluding hydrogens is 237 g/mol. The number of esters is 1. The maximum Gasteiger partial charge on any atom is 0.322 e. The summed E-state index contributed by atoms with van der Waals surface area (Å²) in [4.78, 5) is 11.1. The van der Waals surface area contributed by atoms with Crippen LogP contribution in [0, 0.1) is 5.82 Å². The molecule has 5 heteroatoms. The zero-order valence-corrected chi connectivity index (χ0v) is 10.6. The van der Waals surface area contributed by atoms with Crippen LogP contribution >= 0.6 is 0 Å². The van der Waals surface area contributed by atoms with Crippen molar-refractivity contribution in [2.45, 2.75) is 25.3 Å². The SMILES string of the molecule is COC(=O)C(N)CCCc1cc(F)ccc1OC. The number of halogens is 1. The normalized spacial score (nSPS) is 12.0. The number of hydrogen-bond acceptors (Lipinski definition) is 4. The second kappa shape index (κ2) is 6.96. The Balaban J connectivity index is 2.53. The highest BCUT2D eigenvalue weighted by molar-refractivity contribution is 5.75. The van der Waals surface area contributed by atoms with Crippen LogP contribution in [0.3, 0.4) is 0 Å². The van der Waals surface area contributed by atoms with Gasteiger partial charge >= 0.3 is 5.97 Å². The molecule has 0 aromatic heterocycles. The predicted octanol–water partition coefficient (Wildman–Crippen LogP) is 1.66. The third kappa shape index (κ3) is 4.00. The largest absolute Gasteiger partial charge is 0.496 e. The number of ether oxygens (including phenoxy) is 2. The van der Waals surface area contributed by atoms with E-state index in [1.807, 2.05) is 0 Å². The summed E-state index contributed by atoms with van der Waals surface area (Å²) in [6, 6.07) is 3.74. The quantitative estimate of drug-likeness (QED) is 0.785. The molecule has 0 fully saturated rings. The zero-order chi connectivity index (χ0) is 13.5. The Labute approximate surface area is 106 Å². The lowest BCUT2D eigenvalue weighted by atomic mass is 10.0. The first-order valence-electron chi connectivity index (χ1n) is 5.74. The molecule has 0 spiro atoms. The molecule has 4 nitrogen and oxygen atoms in total. The van der Waals surface area contributed by atoms with E-state index in [1.54, 1.807) is 6.07 Å². The van der Waals surface area contributed by atoms with Gasteiger partial charge in [0, 0.05) is 0 Å². The van der Waals surface area contributed by atoms with E-state index in [2.05, 4.69) is 4.74 Å². The molecule has 0 aliphatic carbocycles. The molecule has 0 saturated heterocycles. The standard InChI is InChI=1S/C13H18FNO3/c1-17-12-7-6-10(14)8-9(12)4-3-5-11(15)13(16)18-2/h6-8,11H,3-5,15H2,1-2H3. The molecule has 0 aliphatic heterocycles. The van der Waals surface area contributed by atoms with Crippen LogP contribution < -0.4 is 10.5 Å². The van der Waals surface area contributed by atoms with Crippen LogP contribution in [0.5, 0.6) is 5.75 Å². The number of benzene rings is 1. The van der Waals surface area contributed by atoms with Crippen LogP contribution in [0.2, 0.25) is 0 Å². The van der Waals surface area contributed by atoms with E-state index in [9.17, 15) is 9.18 Å². The molecule has 1 unspecified atom stereocenters. The molecule has 1 atom stereocenters. The van der Waals surface area contributed by atoms with Crippen molar-refractivity contribution in [1.82, 2.24) is 0 Å². The summed E-state index contributed by atoms with van der Waals surface area (Å²) in [5.41, 5.74) is 6.39. The summed E-state index contributed by atoms with van der Waals surface area (Å²) in [5, 5.41) is 0. The van der Waals surface area contributed by atoms with Gasteiger partial charge in [-0.25, -0.2) is 4.39 Å². The van der Waals surface area contributed by atoms with E-state index >= 15 is 0 Å². The fourth-order valence-electron chi connectivity index (χ4n) is 1.72. The molecule has 0 bridgehead atoms. The van der Waals surface area contributed by atoms with E-state index in [0.29, 0.717) is 25.0 Å². The minimum absolute atomic E-state index is 0.303. The second-order valence-corrected chi connectivity index (χ2v) is 3.98. The van der Waals surface area contributed by atoms with Gasteiger partial charge in [0.15, 0.2) is 0 Å². The summed E-state index contributed by atoms with van der Waals surface area (Å²) in [6.07, 6.45) is 1.76. The number of carbonyl (C=O) groups is 1. The Hall–Kier alpha value is -1.62. The first-order chi connectivity index (χ1) is 8.58. The Morgan fingerprint density at radius 3 is 2.78 bits per heavy atom. The Morgan fingerprint density at radius 2 is 2.17 bits per heavy atom. The number of aryl methyl sites for hydroxylation is 1. The fourth-order valence-corrected chi connectivity index (χ4v) is 1.72. The van der Waals surface area contributed by atoms with E-state index < -0.39 is 12.0 Å². The summed E-state index contributed by atoms with van der Waals surface area (Å²) >= 11 is 0. The lowest BCUT2D eigenvalue weighted by molar-refractivity contribution is -0.142. The molecular formula is C13H18FNO3. The van der Waals surface area contributed by atoms with Crippen molar-refractivity contribution in [3.05, 3.63) is 29.6 Å². The number of methoxy groups -OCH3 is 2. The predicted molar refractivity (Wildman–Crippen MR) is 65.9 cm³/mol. The van der Waals surface area contributed by atoms with Gasteiger partial charge in [0.2, 0.25) is 0 Å². The van der Waals surface area contributed by atoms with Crippen LogP contribution in [0.4, 0.5) is 4.39 Å². The third-order valence-corrected chi connectivity index (χ3v) is 2.71. The molecule has 0 radical (unpaired) electrons. The van der Waals surface area contributed by atoms with Crippen LogP contribution in [0.15, 0.2) is 18.2 Å². The molecule has 0 aliphatic rings. The Bertz CT molecular complexity index is 409. The summed E-state index contributed by atoms with van der Waals surface area (Å²) in [5.74, 6) is -0.0905. The first-order valence-corrected chi connectivity index (χ1v) is 5.74. The number of nitrogens with two attached hydrogens (primary N) is 1. The van der Waals surface area contributed by atoms with Crippen molar-refractivity contribution in [3.63, 3.8) is 0 Å². The van der Waals surface area contributed by atoms with Gasteiger partial charge in [0.05, 0.1) is 14.2 Å². The van der Waals surface area contributed by atoms with Crippen molar-refractivity contribution in [2.24, 2.45) is 5.73 Å². The zero-order valence-electron chi connectivity index (χ0n) is 10.6. The summed E-state index contributed by atoms with van der Waals surface area (Å²) in [6.45, 7) is 0. The average Bonchev–Trinajstić information content (AvgIpc) is 2.38. The highest BCUT2D eigenvalue weighted by Crippen LogP contribution is 2.21. The monoisotopic (exact) mass is 255 g/mol. The van der Waals surface area contributed by atoms with E-state index in [4.69, 9.17) is 10.5 Å². The smallest absolute Gasteiger partial charge is 0.322 e. The van der Waals surface area contributed by atoms with Crippen LogP contribution in [-0.4, -0.2) is 26.2 Å². The summed E-state index contributed by atoms with van der Waals surface area (Å²) in [7, 11) is 2.84. The van der Waals surface area contributed by atoms with Crippen LogP contribution in [0.1, 0.15) is 18.4 Å². The van der Waals surface area contributed by atoms with Gasteiger partial charge in [-0.05, 0) is 43.0 Å². The van der Waals surface area contributed by atoms with Gasteiger partial charge in [-0.3, -0.25) is 4.79 Å². The van der Waals surface area contributed by atoms with Crippen molar-refractivity contribution in [2.75, 3.05) is 14.2 Å². The highest BCUT2D eigenvalue weighted by atomic mass is 19.1. The molecule has 1 rings (SSSR count). The average molecular weight is 255 g/mol. The second-order valence-electron chi connectivity index (χ2n) is 3.98. The minimum atomic E-state index is -0.630. The van der Waals surface area contributed by atoms with Gasteiger partial charge in [0.25, 0.3) is 0 Å². The maximum absolute atomic E-state index is 13.1. The summed E-state index contributed by atoms with van der Waals surface area (Å²) < 4.78 is 22.8. The third-order valence-electron chi connectivity index (χ3n) is 2.71. The molecule has 18 heavy (non-hydrogen) atoms. The molecule has 0 amide bonds. The molecule has 1 aromatic rings. The molecule has 100 valence electrons. The molecule has 0 heterocycles. The minimum Gasteiger partial charge on any atom is -0.496 e. The number of carbonyl (C=O) groups excluding carboxylic acids is 1. The molecule has 1 aromatic carbocycles. The van der Waals surface area contributed by atoms with Gasteiger partial charge in [0.1, 0.15) is 17.6 Å². The van der Waals surface area contributed by atoms with Crippen LogP contribution in [0.25, 0.3) is 0 Å². The highest BCUT2D eigenvalue weighted by Gasteiger charge is 2.13. The molecule has 2 N–H and O–H groups in total. The Kier molecular flexibility index (Phi) is 5.58. The van der Waals surface area contributed by atoms with E-state index in [1.165, 1.54) is 26.4 Å². The number of rotatable bonds is 6. The maximum atomic E-state index is 13.1. The van der Waals surface area contributed by atoms with Gasteiger partial charge in [-0.15, -0.1) is 0 Å². The van der Waals surface area contributed by atoms with Crippen molar-refractivity contribution < 1.29 is 18.7 Å². The lowest BCUT2D eigenvalue weighted by Crippen LogP contribution is -2.31. The Morgan fingerprint density at radius 1 is 1.44 bits per heavy atom. The van der Waals surface area contributed by atoms with Gasteiger partial charge < -0.3 is 15.2 Å². The first kappa shape index (κ1) is 14.4. The van der Waals surface area contributed by atoms with Gasteiger partial charge in [-0.2, -0.15) is 0 Å². The van der Waals surface area contributed by atoms with Gasteiger partial charge in [-0.1, -0.05) is 0 Å². The lowest BCUT2D eigenvalue weighted by Gasteiger charge is -2.11. The number of hydrogen-bond donors (Lipinski definition) is 1. The van der Waals surface area contributed by atoms with E-state index in [0.717, 1.165) is 5.56 Å². The fraction of sp³-hybridized carbons (Fsp3) is 0.462. The van der Waals surface area contributed by atoms with Crippen molar-refractivity contribution >= 4 is 5.97 Å². The molecule has 0 saturated carbocycles.